The van der Waals surface area contributed by atoms with E-state index in [1.54, 1.807) is 0 Å². The third-order valence-electron chi connectivity index (χ3n) is 1.40. The van der Waals surface area contributed by atoms with Crippen molar-refractivity contribution in [3.8, 4) is 0 Å². The van der Waals surface area contributed by atoms with E-state index in [1.165, 1.54) is 0 Å². The fourth-order valence-electron chi connectivity index (χ4n) is 0.827. The monoisotopic (exact) mass is 278 g/mol. The number of alkyl halides is 1. The summed E-state index contributed by atoms with van der Waals surface area (Å²) in [5.41, 5.74) is 1.08. The third kappa shape index (κ3) is 2.29. The third-order valence-corrected chi connectivity index (χ3v) is 2.91. The first-order chi connectivity index (χ1) is 5.25. The van der Waals surface area contributed by atoms with Gasteiger partial charge in [-0.25, -0.2) is 0 Å². The normalized spacial score (nSPS) is 13.0. The van der Waals surface area contributed by atoms with E-state index >= 15 is 0 Å². The first-order valence-electron chi connectivity index (χ1n) is 3.25. The summed E-state index contributed by atoms with van der Waals surface area (Å²) in [5.74, 6) is 0. The molecule has 1 aromatic carbocycles. The van der Waals surface area contributed by atoms with E-state index in [0.717, 1.165) is 10.0 Å². The van der Waals surface area contributed by atoms with Gasteiger partial charge in [-0.3, -0.25) is 0 Å². The molecule has 0 aliphatic heterocycles. The molecule has 1 rings (SSSR count). The second-order valence-corrected chi connectivity index (χ2v) is 4.13. The lowest BCUT2D eigenvalue weighted by Gasteiger charge is -2.07. The number of aliphatic hydroxyl groups is 1. The van der Waals surface area contributed by atoms with E-state index in [1.807, 2.05) is 24.3 Å². The summed E-state index contributed by atoms with van der Waals surface area (Å²) in [5, 5.41) is 8.84. The Hall–Kier alpha value is 0.140. The zero-order chi connectivity index (χ0) is 8.27. The van der Waals surface area contributed by atoms with Crippen LogP contribution in [0.4, 0.5) is 0 Å². The highest BCUT2D eigenvalue weighted by Gasteiger charge is 2.07. The molecule has 0 radical (unpaired) electrons. The molecular weight excluding hydrogens is 272 g/mol. The quantitative estimate of drug-likeness (QED) is 0.826. The maximum atomic E-state index is 8.84. The van der Waals surface area contributed by atoms with Gasteiger partial charge in [0.15, 0.2) is 0 Å². The molecule has 0 aromatic heterocycles. The van der Waals surface area contributed by atoms with Crippen LogP contribution in [0.5, 0.6) is 0 Å². The first-order valence-corrected chi connectivity index (χ1v) is 4.96. The van der Waals surface area contributed by atoms with Gasteiger partial charge >= 0.3 is 0 Å². The Kier molecular flexibility index (Phi) is 3.55. The minimum atomic E-state index is 0.0260. The van der Waals surface area contributed by atoms with Crippen LogP contribution in [-0.4, -0.2) is 11.7 Å². The van der Waals surface area contributed by atoms with Gasteiger partial charge in [0.2, 0.25) is 0 Å². The topological polar surface area (TPSA) is 20.2 Å². The van der Waals surface area contributed by atoms with Crippen LogP contribution < -0.4 is 0 Å². The van der Waals surface area contributed by atoms with Gasteiger partial charge in [-0.1, -0.05) is 50.1 Å². The fourth-order valence-corrected chi connectivity index (χ4v) is 2.10. The maximum absolute atomic E-state index is 8.84. The van der Waals surface area contributed by atoms with Crippen molar-refractivity contribution >= 4 is 31.9 Å². The predicted octanol–water partition coefficient (Wildman–Crippen LogP) is 2.88. The second-order valence-electron chi connectivity index (χ2n) is 2.17. The molecular formula is C8H8Br2O. The molecule has 60 valence electrons. The van der Waals surface area contributed by atoms with E-state index in [4.69, 9.17) is 5.11 Å². The summed E-state index contributed by atoms with van der Waals surface area (Å²) in [6.07, 6.45) is 0. The van der Waals surface area contributed by atoms with Crippen LogP contribution in [0.25, 0.3) is 0 Å². The second kappa shape index (κ2) is 4.24. The van der Waals surface area contributed by atoms with Crippen molar-refractivity contribution in [1.29, 1.82) is 0 Å². The molecule has 0 aliphatic carbocycles. The minimum absolute atomic E-state index is 0.0260. The Morgan fingerprint density at radius 1 is 1.36 bits per heavy atom. The molecule has 0 heterocycles. The van der Waals surface area contributed by atoms with E-state index in [9.17, 15) is 0 Å². The highest BCUT2D eigenvalue weighted by molar-refractivity contribution is 9.11. The zero-order valence-corrected chi connectivity index (χ0v) is 8.97. The molecule has 0 saturated heterocycles. The summed E-state index contributed by atoms with van der Waals surface area (Å²) in [6.45, 7) is 0.114. The number of hydrogen-bond donors (Lipinski definition) is 1. The lowest BCUT2D eigenvalue weighted by molar-refractivity contribution is 0.298. The van der Waals surface area contributed by atoms with Crippen LogP contribution in [-0.2, 0) is 0 Å². The zero-order valence-electron chi connectivity index (χ0n) is 5.80. The van der Waals surface area contributed by atoms with E-state index in [-0.39, 0.29) is 11.4 Å². The fraction of sp³-hybridized carbons (Fsp3) is 0.250. The minimum Gasteiger partial charge on any atom is -0.395 e. The molecule has 1 aromatic rings. The largest absolute Gasteiger partial charge is 0.395 e. The Morgan fingerprint density at radius 2 is 2.00 bits per heavy atom. The summed E-state index contributed by atoms with van der Waals surface area (Å²) in [4.78, 5) is 0.0260. The van der Waals surface area contributed by atoms with Crippen LogP contribution >= 0.6 is 31.9 Å². The predicted molar refractivity (Wildman–Crippen MR) is 52.9 cm³/mol. The van der Waals surface area contributed by atoms with Gasteiger partial charge < -0.3 is 5.11 Å². The smallest absolute Gasteiger partial charge is 0.0637 e. The molecule has 0 bridgehead atoms. The summed E-state index contributed by atoms with van der Waals surface area (Å²) >= 11 is 6.75. The van der Waals surface area contributed by atoms with Crippen LogP contribution in [0, 0.1) is 0 Å². The van der Waals surface area contributed by atoms with Gasteiger partial charge in [-0.15, -0.1) is 0 Å². The van der Waals surface area contributed by atoms with Gasteiger partial charge in [0.25, 0.3) is 0 Å². The Labute approximate surface area is 82.7 Å². The van der Waals surface area contributed by atoms with Gasteiger partial charge in [-0.05, 0) is 11.6 Å². The van der Waals surface area contributed by atoms with Crippen LogP contribution in [0.1, 0.15) is 10.4 Å². The number of benzene rings is 1. The standard InChI is InChI=1S/C8H8Br2O/c9-7-4-2-1-3-6(7)8(10)5-11/h1-4,8,11H,5H2. The molecule has 1 N–H and O–H groups in total. The number of rotatable bonds is 2. The highest BCUT2D eigenvalue weighted by Crippen LogP contribution is 2.28. The molecule has 0 saturated carbocycles. The molecule has 0 amide bonds. The summed E-state index contributed by atoms with van der Waals surface area (Å²) < 4.78 is 1.02. The molecule has 1 unspecified atom stereocenters. The average Bonchev–Trinajstić information content (AvgIpc) is 2.04. The van der Waals surface area contributed by atoms with Crippen molar-refractivity contribution in [2.75, 3.05) is 6.61 Å². The van der Waals surface area contributed by atoms with Crippen molar-refractivity contribution in [3.63, 3.8) is 0 Å². The Bertz CT molecular complexity index is 237. The van der Waals surface area contributed by atoms with Gasteiger partial charge in [0.1, 0.15) is 0 Å². The van der Waals surface area contributed by atoms with Gasteiger partial charge in [0.05, 0.1) is 11.4 Å². The van der Waals surface area contributed by atoms with E-state index < -0.39 is 0 Å². The Balaban J connectivity index is 2.93. The highest BCUT2D eigenvalue weighted by atomic mass is 79.9. The number of aliphatic hydroxyl groups excluding tert-OH is 1. The molecule has 3 heteroatoms. The van der Waals surface area contributed by atoms with Crippen molar-refractivity contribution in [2.24, 2.45) is 0 Å². The molecule has 11 heavy (non-hydrogen) atoms. The summed E-state index contributed by atoms with van der Waals surface area (Å²) in [6, 6.07) is 7.83. The first kappa shape index (κ1) is 9.23. The van der Waals surface area contributed by atoms with Crippen LogP contribution in [0.2, 0.25) is 0 Å². The van der Waals surface area contributed by atoms with Gasteiger partial charge in [0, 0.05) is 4.47 Å². The average molecular weight is 280 g/mol. The summed E-state index contributed by atoms with van der Waals surface area (Å²) in [7, 11) is 0. The molecule has 1 nitrogen and oxygen atoms in total. The van der Waals surface area contributed by atoms with Crippen molar-refractivity contribution in [1.82, 2.24) is 0 Å². The van der Waals surface area contributed by atoms with E-state index in [0.29, 0.717) is 0 Å². The SMILES string of the molecule is OCC(Br)c1ccccc1Br. The van der Waals surface area contributed by atoms with Crippen molar-refractivity contribution in [2.45, 2.75) is 4.83 Å². The lowest BCUT2D eigenvalue weighted by atomic mass is 10.2. The molecule has 1 atom stereocenters. The van der Waals surface area contributed by atoms with Gasteiger partial charge in [-0.2, -0.15) is 0 Å². The number of halogens is 2. The van der Waals surface area contributed by atoms with Crippen molar-refractivity contribution < 1.29 is 5.11 Å². The van der Waals surface area contributed by atoms with E-state index in [2.05, 4.69) is 31.9 Å². The van der Waals surface area contributed by atoms with Crippen LogP contribution in [0.3, 0.4) is 0 Å². The Morgan fingerprint density at radius 3 is 2.55 bits per heavy atom. The molecule has 0 spiro atoms. The lowest BCUT2D eigenvalue weighted by Crippen LogP contribution is -1.95. The molecule has 0 fully saturated rings. The maximum Gasteiger partial charge on any atom is 0.0637 e. The van der Waals surface area contributed by atoms with Crippen molar-refractivity contribution in [3.05, 3.63) is 34.3 Å². The number of hydrogen-bond acceptors (Lipinski definition) is 1. The van der Waals surface area contributed by atoms with Crippen LogP contribution in [0.15, 0.2) is 28.7 Å². The molecule has 0 aliphatic rings.